The Morgan fingerprint density at radius 1 is 0.880 bits per heavy atom. The van der Waals surface area contributed by atoms with E-state index in [0.717, 1.165) is 6.92 Å². The molecule has 0 aromatic carbocycles. The summed E-state index contributed by atoms with van der Waals surface area (Å²) in [5, 5.41) is 0. The summed E-state index contributed by atoms with van der Waals surface area (Å²) in [5.41, 5.74) is 0. The van der Waals surface area contributed by atoms with Crippen LogP contribution in [0.1, 0.15) is 34.6 Å². The van der Waals surface area contributed by atoms with Gasteiger partial charge in [0.05, 0.1) is 6.10 Å². The van der Waals surface area contributed by atoms with E-state index in [-0.39, 0.29) is 5.78 Å². The maximum Gasteiger partial charge on any atom is 0.303 e. The van der Waals surface area contributed by atoms with Crippen molar-refractivity contribution in [2.45, 2.75) is 71.2 Å². The highest BCUT2D eigenvalue weighted by molar-refractivity contribution is 7.04. The SMILES string of the molecule is CC(=O)O[C@@H]1[C@H](OC(C)=O)[C@@H](OC(C)=O)[C@@H](C)O[C@@H]1[C@H](N=P)C(C)=O. The Bertz CT molecular complexity index is 566. The van der Waals surface area contributed by atoms with Crippen LogP contribution < -0.4 is 0 Å². The minimum Gasteiger partial charge on any atom is -0.456 e. The zero-order valence-corrected chi connectivity index (χ0v) is 15.7. The number of carbonyl (C=O) groups is 4. The second-order valence-electron chi connectivity index (χ2n) is 5.71. The molecule has 0 spiro atoms. The lowest BCUT2D eigenvalue weighted by molar-refractivity contribution is -0.245. The summed E-state index contributed by atoms with van der Waals surface area (Å²) in [4.78, 5) is 46.3. The quantitative estimate of drug-likeness (QED) is 0.381. The first-order valence-corrected chi connectivity index (χ1v) is 8.07. The third-order valence-electron chi connectivity index (χ3n) is 3.58. The molecule has 0 radical (unpaired) electrons. The van der Waals surface area contributed by atoms with Crippen LogP contribution in [0.4, 0.5) is 0 Å². The number of hydrogen-bond acceptors (Lipinski definition) is 9. The van der Waals surface area contributed by atoms with Crippen LogP contribution in [0.25, 0.3) is 0 Å². The molecule has 1 heterocycles. The molecule has 25 heavy (non-hydrogen) atoms. The third kappa shape index (κ3) is 5.57. The predicted molar refractivity (Wildman–Crippen MR) is 86.2 cm³/mol. The van der Waals surface area contributed by atoms with Gasteiger partial charge in [0.2, 0.25) is 0 Å². The summed E-state index contributed by atoms with van der Waals surface area (Å²) in [5.74, 6) is -2.31. The summed E-state index contributed by atoms with van der Waals surface area (Å²) < 4.78 is 25.2. The Morgan fingerprint density at radius 2 is 1.32 bits per heavy atom. The molecule has 6 atom stereocenters. The van der Waals surface area contributed by atoms with Crippen LogP contribution >= 0.6 is 9.03 Å². The molecule has 9 nitrogen and oxygen atoms in total. The van der Waals surface area contributed by atoms with Crippen molar-refractivity contribution in [3.8, 4) is 0 Å². The fourth-order valence-electron chi connectivity index (χ4n) is 2.70. The summed E-state index contributed by atoms with van der Waals surface area (Å²) in [6.07, 6.45) is -5.10. The van der Waals surface area contributed by atoms with Gasteiger partial charge in [0.25, 0.3) is 0 Å². The molecule has 140 valence electrons. The second-order valence-corrected chi connectivity index (χ2v) is 5.97. The number of Topliss-reactive ketones (excluding diaryl/α,β-unsaturated/α-hetero) is 1. The molecule has 0 aromatic rings. The minimum absolute atomic E-state index is 0.350. The van der Waals surface area contributed by atoms with Gasteiger partial charge in [-0.15, -0.1) is 0 Å². The number of hydrogen-bond donors (Lipinski definition) is 0. The number of carbonyl (C=O) groups excluding carboxylic acids is 4. The average molecular weight is 375 g/mol. The Labute approximate surface area is 147 Å². The van der Waals surface area contributed by atoms with E-state index >= 15 is 0 Å². The van der Waals surface area contributed by atoms with E-state index in [1.54, 1.807) is 6.92 Å². The van der Waals surface area contributed by atoms with E-state index in [2.05, 4.69) is 13.8 Å². The van der Waals surface area contributed by atoms with Gasteiger partial charge in [-0.1, -0.05) is 0 Å². The van der Waals surface area contributed by atoms with Crippen LogP contribution in [-0.4, -0.2) is 60.3 Å². The van der Waals surface area contributed by atoms with Gasteiger partial charge in [0, 0.05) is 20.8 Å². The molecular formula is C15H22NO8P. The van der Waals surface area contributed by atoms with E-state index < -0.39 is 54.5 Å². The lowest BCUT2D eigenvalue weighted by Crippen LogP contribution is -2.63. The fraction of sp³-hybridized carbons (Fsp3) is 0.733. The van der Waals surface area contributed by atoms with Crippen molar-refractivity contribution in [2.75, 3.05) is 0 Å². The van der Waals surface area contributed by atoms with E-state index in [0.29, 0.717) is 0 Å². The molecule has 1 saturated heterocycles. The zero-order chi connectivity index (χ0) is 19.3. The van der Waals surface area contributed by atoms with Gasteiger partial charge in [-0.25, -0.2) is 0 Å². The molecule has 0 unspecified atom stereocenters. The van der Waals surface area contributed by atoms with Gasteiger partial charge < -0.3 is 18.9 Å². The first-order chi connectivity index (χ1) is 11.6. The van der Waals surface area contributed by atoms with Crippen LogP contribution in [0.5, 0.6) is 0 Å². The lowest BCUT2D eigenvalue weighted by atomic mass is 9.90. The zero-order valence-electron chi connectivity index (χ0n) is 14.7. The molecule has 0 aromatic heterocycles. The summed E-state index contributed by atoms with van der Waals surface area (Å²) in [6.45, 7) is 6.41. The van der Waals surface area contributed by atoms with E-state index in [1.165, 1.54) is 20.8 Å². The number of ketones is 1. The molecular weight excluding hydrogens is 353 g/mol. The number of nitrogens with zero attached hydrogens (tertiary/aromatic N) is 1. The Morgan fingerprint density at radius 3 is 1.72 bits per heavy atom. The Balaban J connectivity index is 3.33. The molecule has 10 heteroatoms. The van der Waals surface area contributed by atoms with Gasteiger partial charge in [-0.2, -0.15) is 0 Å². The Kier molecular flexibility index (Phi) is 7.63. The molecule has 1 aliphatic heterocycles. The van der Waals surface area contributed by atoms with Crippen LogP contribution in [0.2, 0.25) is 0 Å². The lowest BCUT2D eigenvalue weighted by Gasteiger charge is -2.44. The van der Waals surface area contributed by atoms with Crippen molar-refractivity contribution in [1.82, 2.24) is 0 Å². The molecule has 0 N–H and O–H groups in total. The monoisotopic (exact) mass is 375 g/mol. The van der Waals surface area contributed by atoms with E-state index in [4.69, 9.17) is 18.9 Å². The molecule has 0 amide bonds. The standard InChI is InChI=1S/C15H22NO8P/c1-6(17)11(16-25)13-15(24-10(5)20)14(23-9(4)19)12(7(2)21-13)22-8(3)18/h7,11-15,25H,1-5H3/t7-,11-,12+,13-,14-,15+/m1/s1. The highest BCUT2D eigenvalue weighted by Gasteiger charge is 2.53. The minimum atomic E-state index is -1.18. The van der Waals surface area contributed by atoms with Crippen molar-refractivity contribution in [1.29, 1.82) is 0 Å². The normalized spacial score (nSPS) is 29.9. The van der Waals surface area contributed by atoms with Crippen molar-refractivity contribution < 1.29 is 38.1 Å². The smallest absolute Gasteiger partial charge is 0.303 e. The molecule has 0 aliphatic carbocycles. The summed E-state index contributed by atoms with van der Waals surface area (Å²) >= 11 is 0. The van der Waals surface area contributed by atoms with Crippen molar-refractivity contribution in [3.63, 3.8) is 0 Å². The first kappa shape index (κ1) is 21.2. The molecule has 0 bridgehead atoms. The van der Waals surface area contributed by atoms with Crippen LogP contribution in [0.3, 0.4) is 0 Å². The van der Waals surface area contributed by atoms with Gasteiger partial charge in [0.1, 0.15) is 12.1 Å². The van der Waals surface area contributed by atoms with Gasteiger partial charge in [0.15, 0.2) is 24.1 Å². The van der Waals surface area contributed by atoms with Crippen LogP contribution in [0, 0.1) is 0 Å². The largest absolute Gasteiger partial charge is 0.456 e. The van der Waals surface area contributed by atoms with E-state index in [1.807, 2.05) is 0 Å². The van der Waals surface area contributed by atoms with Crippen molar-refractivity contribution in [2.24, 2.45) is 4.74 Å². The number of esters is 3. The maximum absolute atomic E-state index is 11.9. The molecule has 0 saturated carbocycles. The van der Waals surface area contributed by atoms with Crippen LogP contribution in [0.15, 0.2) is 4.74 Å². The number of ether oxygens (including phenoxy) is 4. The average Bonchev–Trinajstić information content (AvgIpc) is 2.45. The molecule has 1 aliphatic rings. The van der Waals surface area contributed by atoms with Crippen molar-refractivity contribution in [3.05, 3.63) is 0 Å². The van der Waals surface area contributed by atoms with Gasteiger partial charge >= 0.3 is 17.9 Å². The van der Waals surface area contributed by atoms with E-state index in [9.17, 15) is 19.2 Å². The van der Waals surface area contributed by atoms with Crippen molar-refractivity contribution >= 4 is 32.7 Å². The fourth-order valence-corrected chi connectivity index (χ4v) is 3.03. The maximum atomic E-state index is 11.9. The molecule has 1 rings (SSSR count). The number of rotatable bonds is 6. The molecule has 1 fully saturated rings. The predicted octanol–water partition coefficient (Wildman–Crippen LogP) is 0.853. The highest BCUT2D eigenvalue weighted by Crippen LogP contribution is 2.31. The third-order valence-corrected chi connectivity index (χ3v) is 3.86. The Hall–Kier alpha value is -1.86. The summed E-state index contributed by atoms with van der Waals surface area (Å²) in [7, 11) is 2.94. The second kappa shape index (κ2) is 9.01. The van der Waals surface area contributed by atoms with Gasteiger partial charge in [-0.3, -0.25) is 23.9 Å². The topological polar surface area (TPSA) is 118 Å². The summed E-state index contributed by atoms with van der Waals surface area (Å²) in [6, 6.07) is -1.01. The van der Waals surface area contributed by atoms with Crippen LogP contribution in [-0.2, 0) is 38.1 Å². The highest BCUT2D eigenvalue weighted by atomic mass is 31.0. The van der Waals surface area contributed by atoms with Gasteiger partial charge in [-0.05, 0) is 22.9 Å². The first-order valence-electron chi connectivity index (χ1n) is 7.62.